The molecule has 1 heterocycles. The monoisotopic (exact) mass is 324 g/mol. The molecule has 0 amide bonds. The van der Waals surface area contributed by atoms with Gasteiger partial charge in [-0.25, -0.2) is 0 Å². The summed E-state index contributed by atoms with van der Waals surface area (Å²) in [7, 11) is 0. The molecule has 0 aliphatic rings. The molecule has 3 N–H and O–H groups in total. The summed E-state index contributed by atoms with van der Waals surface area (Å²) in [5.74, 6) is 2.07. The number of nitrogen functional groups attached to an aromatic ring is 1. The van der Waals surface area contributed by atoms with E-state index in [0.717, 1.165) is 10.9 Å². The summed E-state index contributed by atoms with van der Waals surface area (Å²) in [5.41, 5.74) is 6.25. The Morgan fingerprint density at radius 1 is 1.04 bits per heavy atom. The Morgan fingerprint density at radius 2 is 1.75 bits per heavy atom. The van der Waals surface area contributed by atoms with Gasteiger partial charge in [-0.3, -0.25) is 4.98 Å². The number of benzene rings is 2. The van der Waals surface area contributed by atoms with Crippen LogP contribution >= 0.6 is 0 Å². The third kappa shape index (κ3) is 3.94. The van der Waals surface area contributed by atoms with Gasteiger partial charge in [0.25, 0.3) is 0 Å². The Kier molecular flexibility index (Phi) is 4.27. The average molecular weight is 324 g/mol. The number of pyridine rings is 1. The molecule has 5 heteroatoms. The summed E-state index contributed by atoms with van der Waals surface area (Å²) >= 11 is 0. The van der Waals surface area contributed by atoms with Crippen molar-refractivity contribution in [3.8, 4) is 17.2 Å². The Morgan fingerprint density at radius 3 is 2.46 bits per heavy atom. The van der Waals surface area contributed by atoms with Crippen molar-refractivity contribution in [2.45, 2.75) is 19.4 Å². The summed E-state index contributed by atoms with van der Waals surface area (Å²) in [6.07, 6.45) is 1.69. The van der Waals surface area contributed by atoms with Gasteiger partial charge in [-0.15, -0.1) is 0 Å². The lowest BCUT2D eigenvalue weighted by atomic mass is 10.1. The van der Waals surface area contributed by atoms with Gasteiger partial charge in [0.2, 0.25) is 0 Å². The van der Waals surface area contributed by atoms with Gasteiger partial charge < -0.3 is 20.3 Å². The second-order valence-corrected chi connectivity index (χ2v) is 6.26. The van der Waals surface area contributed by atoms with E-state index in [0.29, 0.717) is 22.9 Å². The van der Waals surface area contributed by atoms with Gasteiger partial charge in [0.1, 0.15) is 23.9 Å². The van der Waals surface area contributed by atoms with Gasteiger partial charge in [-0.2, -0.15) is 0 Å². The first-order chi connectivity index (χ1) is 11.4. The van der Waals surface area contributed by atoms with E-state index >= 15 is 0 Å². The van der Waals surface area contributed by atoms with Crippen molar-refractivity contribution in [1.82, 2.24) is 4.98 Å². The largest absolute Gasteiger partial charge is 0.491 e. The van der Waals surface area contributed by atoms with Crippen LogP contribution in [-0.2, 0) is 0 Å². The molecular formula is C19H20N2O3. The van der Waals surface area contributed by atoms with Crippen molar-refractivity contribution in [2.24, 2.45) is 0 Å². The summed E-state index contributed by atoms with van der Waals surface area (Å²) in [4.78, 5) is 4.36. The molecule has 124 valence electrons. The Bertz CT molecular complexity index is 839. The maximum absolute atomic E-state index is 9.75. The maximum Gasteiger partial charge on any atom is 0.138 e. The van der Waals surface area contributed by atoms with Crippen LogP contribution in [0.2, 0.25) is 0 Å². The zero-order valence-corrected chi connectivity index (χ0v) is 13.7. The number of nitrogens with two attached hydrogens (primary N) is 1. The molecule has 24 heavy (non-hydrogen) atoms. The zero-order chi connectivity index (χ0) is 17.2. The fraction of sp³-hybridized carbons (Fsp3) is 0.211. The van der Waals surface area contributed by atoms with Crippen LogP contribution in [0.5, 0.6) is 17.2 Å². The third-order valence-corrected chi connectivity index (χ3v) is 3.37. The molecule has 3 rings (SSSR count). The van der Waals surface area contributed by atoms with E-state index < -0.39 is 5.60 Å². The van der Waals surface area contributed by atoms with Gasteiger partial charge in [-0.05, 0) is 56.3 Å². The lowest BCUT2D eigenvalue weighted by Crippen LogP contribution is -2.27. The predicted octanol–water partition coefficient (Wildman–Crippen LogP) is 3.76. The minimum Gasteiger partial charge on any atom is -0.491 e. The molecular weight excluding hydrogens is 304 g/mol. The molecule has 0 saturated heterocycles. The van der Waals surface area contributed by atoms with Gasteiger partial charge in [0, 0.05) is 23.3 Å². The van der Waals surface area contributed by atoms with Crippen molar-refractivity contribution < 1.29 is 14.6 Å². The molecule has 0 unspecified atom stereocenters. The van der Waals surface area contributed by atoms with E-state index in [1.807, 2.05) is 36.4 Å². The summed E-state index contributed by atoms with van der Waals surface area (Å²) in [5, 5.41) is 10.6. The number of aliphatic hydroxyl groups is 1. The van der Waals surface area contributed by atoms with Crippen molar-refractivity contribution in [1.29, 1.82) is 0 Å². The Balaban J connectivity index is 1.86. The van der Waals surface area contributed by atoms with Crippen molar-refractivity contribution in [3.63, 3.8) is 0 Å². The average Bonchev–Trinajstić information content (AvgIpc) is 2.54. The smallest absolute Gasteiger partial charge is 0.138 e. The van der Waals surface area contributed by atoms with Crippen molar-refractivity contribution >= 4 is 16.6 Å². The molecule has 0 bridgehead atoms. The number of ether oxygens (including phenoxy) is 2. The van der Waals surface area contributed by atoms with E-state index in [1.54, 1.807) is 32.2 Å². The van der Waals surface area contributed by atoms with Gasteiger partial charge >= 0.3 is 0 Å². The van der Waals surface area contributed by atoms with E-state index in [9.17, 15) is 5.11 Å². The number of hydrogen-bond acceptors (Lipinski definition) is 5. The van der Waals surface area contributed by atoms with E-state index in [4.69, 9.17) is 15.2 Å². The first kappa shape index (κ1) is 16.1. The Hall–Kier alpha value is -2.79. The molecule has 0 radical (unpaired) electrons. The second-order valence-electron chi connectivity index (χ2n) is 6.26. The molecule has 0 aliphatic carbocycles. The SMILES string of the molecule is CC(C)(O)COc1ccc2c(Oc3ccc(N)cc3)ccnc2c1. The first-order valence-corrected chi connectivity index (χ1v) is 7.68. The number of hydrogen-bond donors (Lipinski definition) is 2. The van der Waals surface area contributed by atoms with Crippen LogP contribution in [0.15, 0.2) is 54.7 Å². The fourth-order valence-electron chi connectivity index (χ4n) is 2.20. The molecule has 2 aromatic carbocycles. The minimum absolute atomic E-state index is 0.208. The van der Waals surface area contributed by atoms with Gasteiger partial charge in [0.05, 0.1) is 11.1 Å². The van der Waals surface area contributed by atoms with E-state index in [2.05, 4.69) is 4.98 Å². The minimum atomic E-state index is -0.886. The molecule has 0 spiro atoms. The van der Waals surface area contributed by atoms with Crippen molar-refractivity contribution in [3.05, 3.63) is 54.7 Å². The fourth-order valence-corrected chi connectivity index (χ4v) is 2.20. The number of rotatable bonds is 5. The molecule has 1 aromatic heterocycles. The van der Waals surface area contributed by atoms with Crippen LogP contribution in [0.4, 0.5) is 5.69 Å². The summed E-state index contributed by atoms with van der Waals surface area (Å²) in [6.45, 7) is 3.61. The quantitative estimate of drug-likeness (QED) is 0.699. The normalized spacial score (nSPS) is 11.5. The van der Waals surface area contributed by atoms with Crippen LogP contribution in [0.25, 0.3) is 10.9 Å². The van der Waals surface area contributed by atoms with Gasteiger partial charge in [0.15, 0.2) is 0 Å². The van der Waals surface area contributed by atoms with Crippen molar-refractivity contribution in [2.75, 3.05) is 12.3 Å². The zero-order valence-electron chi connectivity index (χ0n) is 13.7. The maximum atomic E-state index is 9.75. The lowest BCUT2D eigenvalue weighted by Gasteiger charge is -2.18. The van der Waals surface area contributed by atoms with E-state index in [1.165, 1.54) is 0 Å². The third-order valence-electron chi connectivity index (χ3n) is 3.37. The van der Waals surface area contributed by atoms with Crippen LogP contribution in [0, 0.1) is 0 Å². The molecule has 0 aliphatic heterocycles. The summed E-state index contributed by atoms with van der Waals surface area (Å²) < 4.78 is 11.5. The van der Waals surface area contributed by atoms with Crippen LogP contribution < -0.4 is 15.2 Å². The standard InChI is InChI=1S/C19H20N2O3/c1-19(2,22)12-23-15-7-8-16-17(11-15)21-10-9-18(16)24-14-5-3-13(20)4-6-14/h3-11,22H,12,20H2,1-2H3. The number of fused-ring (bicyclic) bond motifs is 1. The van der Waals surface area contributed by atoms with Crippen LogP contribution in [0.3, 0.4) is 0 Å². The molecule has 5 nitrogen and oxygen atoms in total. The van der Waals surface area contributed by atoms with E-state index in [-0.39, 0.29) is 6.61 Å². The van der Waals surface area contributed by atoms with Crippen LogP contribution in [-0.4, -0.2) is 22.3 Å². The Labute approximate surface area is 140 Å². The highest BCUT2D eigenvalue weighted by molar-refractivity contribution is 5.86. The molecule has 0 atom stereocenters. The highest BCUT2D eigenvalue weighted by atomic mass is 16.5. The molecule has 3 aromatic rings. The highest BCUT2D eigenvalue weighted by Crippen LogP contribution is 2.31. The predicted molar refractivity (Wildman–Crippen MR) is 94.5 cm³/mol. The first-order valence-electron chi connectivity index (χ1n) is 7.68. The summed E-state index contributed by atoms with van der Waals surface area (Å²) in [6, 6.07) is 14.6. The second kappa shape index (κ2) is 6.37. The molecule has 0 fully saturated rings. The topological polar surface area (TPSA) is 77.6 Å². The lowest BCUT2D eigenvalue weighted by molar-refractivity contribution is 0.0285. The van der Waals surface area contributed by atoms with Gasteiger partial charge in [-0.1, -0.05) is 0 Å². The number of aromatic nitrogens is 1. The number of nitrogens with zero attached hydrogens (tertiary/aromatic N) is 1. The molecule has 0 saturated carbocycles. The number of anilines is 1. The van der Waals surface area contributed by atoms with Crippen LogP contribution in [0.1, 0.15) is 13.8 Å². The highest BCUT2D eigenvalue weighted by Gasteiger charge is 2.14.